The average Bonchev–Trinajstić information content (AvgIpc) is 3.01. The molecule has 2 atom stereocenters. The van der Waals surface area contributed by atoms with Crippen LogP contribution in [0.1, 0.15) is 31.3 Å². The molecule has 3 aromatic rings. The van der Waals surface area contributed by atoms with Crippen LogP contribution in [0.5, 0.6) is 0 Å². The molecule has 0 saturated heterocycles. The summed E-state index contributed by atoms with van der Waals surface area (Å²) in [4.78, 5) is 20.8. The summed E-state index contributed by atoms with van der Waals surface area (Å²) in [5, 5.41) is 8.13. The van der Waals surface area contributed by atoms with Gasteiger partial charge in [0.2, 0.25) is 0 Å². The van der Waals surface area contributed by atoms with Crippen LogP contribution in [-0.4, -0.2) is 32.4 Å². The molecular weight excluding hydrogens is 330 g/mol. The van der Waals surface area contributed by atoms with Gasteiger partial charge in [0.1, 0.15) is 5.82 Å². The Morgan fingerprint density at radius 3 is 2.96 bits per heavy atom. The Kier molecular flexibility index (Phi) is 4.28. The first-order valence-electron chi connectivity index (χ1n) is 8.87. The molecule has 2 aromatic heterocycles. The van der Waals surface area contributed by atoms with Gasteiger partial charge in [0.25, 0.3) is 5.95 Å². The number of carbonyl (C=O) groups excluding carboxylic acids is 1. The van der Waals surface area contributed by atoms with Crippen molar-refractivity contribution in [3.8, 4) is 0 Å². The minimum atomic E-state index is -0.531. The molecule has 0 fully saturated rings. The summed E-state index contributed by atoms with van der Waals surface area (Å²) in [5.74, 6) is 1.80. The Hall–Kier alpha value is -2.96. The molecule has 2 unspecified atom stereocenters. The smallest absolute Gasteiger partial charge is 0.414 e. The van der Waals surface area contributed by atoms with Crippen LogP contribution in [0.3, 0.4) is 0 Å². The lowest BCUT2D eigenvalue weighted by Gasteiger charge is -2.28. The number of carbonyl (C=O) groups is 1. The number of fused-ring (bicyclic) bond motifs is 2. The monoisotopic (exact) mass is 351 g/mol. The molecule has 26 heavy (non-hydrogen) atoms. The standard InChI is InChI=1S/C19H21N5O2/c1-3-26-19(25)22-18-21-17-10-12(2)14(11-24(17)23-18)16-9-8-13-6-4-5-7-15(13)20-16/h4-9,12,14H,3,10-11H2,1-2H3,(H,22,23,25). The van der Waals surface area contributed by atoms with Crippen molar-refractivity contribution in [2.45, 2.75) is 32.7 Å². The van der Waals surface area contributed by atoms with Gasteiger partial charge in [-0.15, -0.1) is 5.10 Å². The van der Waals surface area contributed by atoms with Gasteiger partial charge in [-0.25, -0.2) is 9.48 Å². The van der Waals surface area contributed by atoms with Crippen LogP contribution in [0.15, 0.2) is 36.4 Å². The van der Waals surface area contributed by atoms with Crippen molar-refractivity contribution in [2.75, 3.05) is 11.9 Å². The fourth-order valence-electron chi connectivity index (χ4n) is 3.45. The minimum absolute atomic E-state index is 0.254. The number of benzene rings is 1. The zero-order valence-corrected chi connectivity index (χ0v) is 14.8. The van der Waals surface area contributed by atoms with E-state index < -0.39 is 6.09 Å². The van der Waals surface area contributed by atoms with Gasteiger partial charge >= 0.3 is 6.09 Å². The summed E-state index contributed by atoms with van der Waals surface area (Å²) in [5.41, 5.74) is 2.07. The van der Waals surface area contributed by atoms with Crippen molar-refractivity contribution in [2.24, 2.45) is 5.92 Å². The topological polar surface area (TPSA) is 81.9 Å². The predicted octanol–water partition coefficient (Wildman–Crippen LogP) is 3.37. The second kappa shape index (κ2) is 6.74. The first-order chi connectivity index (χ1) is 12.6. The van der Waals surface area contributed by atoms with E-state index in [9.17, 15) is 4.79 Å². The van der Waals surface area contributed by atoms with E-state index >= 15 is 0 Å². The number of para-hydroxylation sites is 1. The van der Waals surface area contributed by atoms with Crippen molar-refractivity contribution < 1.29 is 9.53 Å². The minimum Gasteiger partial charge on any atom is -0.450 e. The normalized spacial score (nSPS) is 19.2. The molecule has 0 bridgehead atoms. The zero-order chi connectivity index (χ0) is 18.1. The zero-order valence-electron chi connectivity index (χ0n) is 14.8. The molecule has 0 aliphatic carbocycles. The highest BCUT2D eigenvalue weighted by molar-refractivity contribution is 5.82. The molecule has 1 N–H and O–H groups in total. The van der Waals surface area contributed by atoms with Gasteiger partial charge in [-0.05, 0) is 25.0 Å². The average molecular weight is 351 g/mol. The lowest BCUT2D eigenvalue weighted by atomic mass is 9.85. The van der Waals surface area contributed by atoms with Crippen LogP contribution in [-0.2, 0) is 17.7 Å². The molecule has 0 radical (unpaired) electrons. The molecule has 7 heteroatoms. The summed E-state index contributed by atoms with van der Waals surface area (Å²) < 4.78 is 6.75. The Labute approximate surface area is 151 Å². The van der Waals surface area contributed by atoms with Gasteiger partial charge in [0.15, 0.2) is 0 Å². The SMILES string of the molecule is CCOC(=O)Nc1nc2n(n1)CC(c1ccc3ccccc3n1)C(C)C2. The highest BCUT2D eigenvalue weighted by Crippen LogP contribution is 2.33. The number of nitrogens with zero attached hydrogens (tertiary/aromatic N) is 4. The van der Waals surface area contributed by atoms with Gasteiger partial charge < -0.3 is 4.74 Å². The fraction of sp³-hybridized carbons (Fsp3) is 0.368. The maximum atomic E-state index is 11.6. The number of amides is 1. The van der Waals surface area contributed by atoms with Gasteiger partial charge in [-0.1, -0.05) is 31.2 Å². The summed E-state index contributed by atoms with van der Waals surface area (Å²) in [7, 11) is 0. The highest BCUT2D eigenvalue weighted by Gasteiger charge is 2.30. The van der Waals surface area contributed by atoms with E-state index in [0.717, 1.165) is 28.8 Å². The van der Waals surface area contributed by atoms with E-state index in [2.05, 4.69) is 40.5 Å². The lowest BCUT2D eigenvalue weighted by molar-refractivity contribution is 0.167. The fourth-order valence-corrected chi connectivity index (χ4v) is 3.45. The van der Waals surface area contributed by atoms with E-state index in [1.54, 1.807) is 6.92 Å². The second-order valence-corrected chi connectivity index (χ2v) is 6.60. The third-order valence-corrected chi connectivity index (χ3v) is 4.80. The highest BCUT2D eigenvalue weighted by atomic mass is 16.5. The molecule has 3 heterocycles. The number of aromatic nitrogens is 4. The number of nitrogens with one attached hydrogen (secondary N) is 1. The summed E-state index contributed by atoms with van der Waals surface area (Å²) in [6.07, 6.45) is 0.257. The molecular formula is C19H21N5O2. The van der Waals surface area contributed by atoms with Crippen LogP contribution in [0.25, 0.3) is 10.9 Å². The molecule has 1 aliphatic rings. The van der Waals surface area contributed by atoms with E-state index in [0.29, 0.717) is 19.1 Å². The molecule has 0 spiro atoms. The molecule has 7 nitrogen and oxygen atoms in total. The van der Waals surface area contributed by atoms with E-state index in [4.69, 9.17) is 9.72 Å². The van der Waals surface area contributed by atoms with Crippen molar-refractivity contribution in [1.29, 1.82) is 0 Å². The van der Waals surface area contributed by atoms with Crippen molar-refractivity contribution in [1.82, 2.24) is 19.7 Å². The van der Waals surface area contributed by atoms with Crippen LogP contribution in [0.2, 0.25) is 0 Å². The quantitative estimate of drug-likeness (QED) is 0.782. The predicted molar refractivity (Wildman–Crippen MR) is 98.0 cm³/mol. The number of rotatable bonds is 3. The number of pyridine rings is 1. The molecule has 1 aliphatic heterocycles. The summed E-state index contributed by atoms with van der Waals surface area (Å²) >= 11 is 0. The van der Waals surface area contributed by atoms with E-state index in [-0.39, 0.29) is 11.9 Å². The first-order valence-corrected chi connectivity index (χ1v) is 8.87. The number of ether oxygens (including phenoxy) is 1. The molecule has 1 amide bonds. The van der Waals surface area contributed by atoms with Crippen LogP contribution >= 0.6 is 0 Å². The van der Waals surface area contributed by atoms with Gasteiger partial charge in [0, 0.05) is 23.4 Å². The Balaban J connectivity index is 1.58. The van der Waals surface area contributed by atoms with Gasteiger partial charge in [-0.2, -0.15) is 4.98 Å². The number of anilines is 1. The summed E-state index contributed by atoms with van der Waals surface area (Å²) in [6, 6.07) is 12.4. The van der Waals surface area contributed by atoms with Crippen molar-refractivity contribution in [3.63, 3.8) is 0 Å². The Morgan fingerprint density at radius 2 is 2.12 bits per heavy atom. The van der Waals surface area contributed by atoms with E-state index in [1.165, 1.54) is 0 Å². The van der Waals surface area contributed by atoms with Gasteiger partial charge in [-0.3, -0.25) is 10.3 Å². The maximum absolute atomic E-state index is 11.6. The largest absolute Gasteiger partial charge is 0.450 e. The van der Waals surface area contributed by atoms with Crippen molar-refractivity contribution in [3.05, 3.63) is 47.9 Å². The van der Waals surface area contributed by atoms with Crippen molar-refractivity contribution >= 4 is 22.9 Å². The van der Waals surface area contributed by atoms with Gasteiger partial charge in [0.05, 0.1) is 18.7 Å². The Morgan fingerprint density at radius 1 is 1.27 bits per heavy atom. The Bertz CT molecular complexity index is 952. The maximum Gasteiger partial charge on any atom is 0.414 e. The first kappa shape index (κ1) is 16.5. The summed E-state index contributed by atoms with van der Waals surface area (Å²) in [6.45, 7) is 4.97. The molecule has 1 aromatic carbocycles. The van der Waals surface area contributed by atoms with E-state index in [1.807, 2.05) is 22.9 Å². The van der Waals surface area contributed by atoms with Crippen LogP contribution in [0, 0.1) is 5.92 Å². The molecule has 134 valence electrons. The number of hydrogen-bond acceptors (Lipinski definition) is 5. The second-order valence-electron chi connectivity index (χ2n) is 6.60. The molecule has 0 saturated carbocycles. The van der Waals surface area contributed by atoms with Crippen LogP contribution < -0.4 is 5.32 Å². The third-order valence-electron chi connectivity index (χ3n) is 4.80. The number of hydrogen-bond donors (Lipinski definition) is 1. The van der Waals surface area contributed by atoms with Crippen LogP contribution in [0.4, 0.5) is 10.7 Å². The molecule has 4 rings (SSSR count). The lowest BCUT2D eigenvalue weighted by Crippen LogP contribution is -2.27. The third kappa shape index (κ3) is 3.12.